The van der Waals surface area contributed by atoms with E-state index in [1.165, 1.54) is 0 Å². The van der Waals surface area contributed by atoms with Gasteiger partial charge in [0, 0.05) is 18.8 Å². The monoisotopic (exact) mass is 260 g/mol. The van der Waals surface area contributed by atoms with E-state index in [-0.39, 0.29) is 0 Å². The average molecular weight is 260 g/mol. The second-order valence-corrected chi connectivity index (χ2v) is 4.68. The summed E-state index contributed by atoms with van der Waals surface area (Å²) in [4.78, 5) is 0. The number of aromatic nitrogens is 2. The highest BCUT2D eigenvalue weighted by Crippen LogP contribution is 2.29. The van der Waals surface area contributed by atoms with Gasteiger partial charge in [-0.25, -0.2) is 0 Å². The lowest BCUT2D eigenvalue weighted by atomic mass is 9.97. The van der Waals surface area contributed by atoms with Crippen LogP contribution in [0.5, 0.6) is 5.75 Å². The van der Waals surface area contributed by atoms with Crippen LogP contribution >= 0.6 is 0 Å². The minimum atomic E-state index is -0.644. The molecule has 0 fully saturated rings. The second-order valence-electron chi connectivity index (χ2n) is 4.68. The van der Waals surface area contributed by atoms with Crippen LogP contribution in [0.25, 0.3) is 0 Å². The number of methoxy groups -OCH3 is 1. The van der Waals surface area contributed by atoms with E-state index in [4.69, 9.17) is 4.74 Å². The zero-order chi connectivity index (χ0) is 14.0. The molecule has 4 nitrogen and oxygen atoms in total. The number of rotatable bonds is 4. The molecule has 1 aromatic heterocycles. The van der Waals surface area contributed by atoms with E-state index in [1.807, 2.05) is 45.3 Å². The average Bonchev–Trinajstić information content (AvgIpc) is 2.79. The Balaban J connectivity index is 2.40. The van der Waals surface area contributed by atoms with Crippen molar-refractivity contribution >= 4 is 0 Å². The molecule has 0 aliphatic rings. The molecule has 2 aromatic rings. The topological polar surface area (TPSA) is 47.3 Å². The largest absolute Gasteiger partial charge is 0.497 e. The summed E-state index contributed by atoms with van der Waals surface area (Å²) in [6.45, 7) is 4.02. The van der Waals surface area contributed by atoms with Gasteiger partial charge in [0.15, 0.2) is 0 Å². The van der Waals surface area contributed by atoms with Crippen LogP contribution in [0, 0.1) is 6.92 Å². The highest BCUT2D eigenvalue weighted by molar-refractivity contribution is 5.40. The van der Waals surface area contributed by atoms with Gasteiger partial charge in [-0.2, -0.15) is 5.10 Å². The van der Waals surface area contributed by atoms with Gasteiger partial charge in [0.05, 0.1) is 12.8 Å². The summed E-state index contributed by atoms with van der Waals surface area (Å²) in [7, 11) is 3.51. The molecule has 1 aromatic carbocycles. The van der Waals surface area contributed by atoms with Crippen LogP contribution in [-0.2, 0) is 13.5 Å². The van der Waals surface area contributed by atoms with Crippen molar-refractivity contribution in [2.24, 2.45) is 7.05 Å². The van der Waals surface area contributed by atoms with E-state index in [2.05, 4.69) is 5.10 Å². The van der Waals surface area contributed by atoms with E-state index in [0.29, 0.717) is 0 Å². The fourth-order valence-corrected chi connectivity index (χ4v) is 2.31. The molecule has 0 saturated heterocycles. The zero-order valence-electron chi connectivity index (χ0n) is 11.8. The molecule has 0 aliphatic carbocycles. The lowest BCUT2D eigenvalue weighted by Gasteiger charge is -2.14. The Hall–Kier alpha value is -1.81. The molecule has 1 heterocycles. The van der Waals surface area contributed by atoms with Crippen molar-refractivity contribution in [3.05, 3.63) is 46.8 Å². The quantitative estimate of drug-likeness (QED) is 0.918. The molecule has 102 valence electrons. The highest BCUT2D eigenvalue weighted by Gasteiger charge is 2.18. The summed E-state index contributed by atoms with van der Waals surface area (Å²) in [5.74, 6) is 0.801. The van der Waals surface area contributed by atoms with Gasteiger partial charge in [-0.05, 0) is 36.6 Å². The molecular weight excluding hydrogens is 240 g/mol. The standard InChI is InChI=1S/C15H20N2O2/c1-5-14-13(9-17(3)16-14)15(18)12-7-6-11(19-4)8-10(12)2/h6-9,15,18H,5H2,1-4H3. The van der Waals surface area contributed by atoms with Gasteiger partial charge in [-0.1, -0.05) is 13.0 Å². The number of hydrogen-bond acceptors (Lipinski definition) is 3. The molecule has 1 atom stereocenters. The van der Waals surface area contributed by atoms with Crippen LogP contribution in [0.15, 0.2) is 24.4 Å². The Morgan fingerprint density at radius 1 is 1.37 bits per heavy atom. The summed E-state index contributed by atoms with van der Waals surface area (Å²) < 4.78 is 6.93. The lowest BCUT2D eigenvalue weighted by molar-refractivity contribution is 0.218. The first kappa shape index (κ1) is 13.6. The summed E-state index contributed by atoms with van der Waals surface area (Å²) in [5, 5.41) is 14.9. The first-order chi connectivity index (χ1) is 9.06. The van der Waals surface area contributed by atoms with E-state index < -0.39 is 6.10 Å². The van der Waals surface area contributed by atoms with Crippen molar-refractivity contribution in [1.82, 2.24) is 9.78 Å². The predicted molar refractivity (Wildman–Crippen MR) is 74.4 cm³/mol. The van der Waals surface area contributed by atoms with Gasteiger partial charge < -0.3 is 9.84 Å². The van der Waals surface area contributed by atoms with Crippen LogP contribution in [0.3, 0.4) is 0 Å². The minimum absolute atomic E-state index is 0.644. The van der Waals surface area contributed by atoms with Crippen LogP contribution in [0.1, 0.15) is 35.4 Å². The van der Waals surface area contributed by atoms with Gasteiger partial charge in [0.25, 0.3) is 0 Å². The number of aliphatic hydroxyl groups is 1. The van der Waals surface area contributed by atoms with Gasteiger partial charge in [0.1, 0.15) is 11.9 Å². The Bertz CT molecular complexity index is 576. The fourth-order valence-electron chi connectivity index (χ4n) is 2.31. The molecule has 0 amide bonds. The zero-order valence-corrected chi connectivity index (χ0v) is 11.8. The lowest BCUT2D eigenvalue weighted by Crippen LogP contribution is -2.04. The van der Waals surface area contributed by atoms with Crippen molar-refractivity contribution in [3.63, 3.8) is 0 Å². The molecule has 0 aliphatic heterocycles. The van der Waals surface area contributed by atoms with E-state index in [0.717, 1.165) is 34.6 Å². The predicted octanol–water partition coefficient (Wildman–Crippen LogP) is 2.38. The van der Waals surface area contributed by atoms with Gasteiger partial charge in [0.2, 0.25) is 0 Å². The van der Waals surface area contributed by atoms with Crippen LogP contribution in [0.2, 0.25) is 0 Å². The Labute approximate surface area is 113 Å². The van der Waals surface area contributed by atoms with Crippen molar-refractivity contribution < 1.29 is 9.84 Å². The van der Waals surface area contributed by atoms with Crippen molar-refractivity contribution in [3.8, 4) is 5.75 Å². The Kier molecular flexibility index (Phi) is 3.90. The molecule has 4 heteroatoms. The van der Waals surface area contributed by atoms with Crippen molar-refractivity contribution in [1.29, 1.82) is 0 Å². The highest BCUT2D eigenvalue weighted by atomic mass is 16.5. The summed E-state index contributed by atoms with van der Waals surface area (Å²) >= 11 is 0. The molecule has 0 saturated carbocycles. The third-order valence-corrected chi connectivity index (χ3v) is 3.34. The molecule has 0 spiro atoms. The first-order valence-electron chi connectivity index (χ1n) is 6.41. The molecule has 1 unspecified atom stereocenters. The maximum Gasteiger partial charge on any atom is 0.119 e. The SMILES string of the molecule is CCc1nn(C)cc1C(O)c1ccc(OC)cc1C. The fraction of sp³-hybridized carbons (Fsp3) is 0.400. The van der Waals surface area contributed by atoms with Crippen LogP contribution < -0.4 is 4.74 Å². The Morgan fingerprint density at radius 3 is 2.68 bits per heavy atom. The summed E-state index contributed by atoms with van der Waals surface area (Å²) in [5.41, 5.74) is 3.71. The third kappa shape index (κ3) is 2.63. The maximum atomic E-state index is 10.6. The van der Waals surface area contributed by atoms with E-state index in [1.54, 1.807) is 11.8 Å². The van der Waals surface area contributed by atoms with Crippen molar-refractivity contribution in [2.75, 3.05) is 7.11 Å². The van der Waals surface area contributed by atoms with E-state index >= 15 is 0 Å². The third-order valence-electron chi connectivity index (χ3n) is 3.34. The first-order valence-corrected chi connectivity index (χ1v) is 6.41. The van der Waals surface area contributed by atoms with Gasteiger partial charge >= 0.3 is 0 Å². The second kappa shape index (κ2) is 5.45. The minimum Gasteiger partial charge on any atom is -0.497 e. The smallest absolute Gasteiger partial charge is 0.119 e. The van der Waals surface area contributed by atoms with Gasteiger partial charge in [-0.3, -0.25) is 4.68 Å². The number of benzene rings is 1. The molecule has 2 rings (SSSR count). The number of aryl methyl sites for hydroxylation is 3. The number of nitrogens with zero attached hydrogens (tertiary/aromatic N) is 2. The molecule has 19 heavy (non-hydrogen) atoms. The number of hydrogen-bond donors (Lipinski definition) is 1. The normalized spacial score (nSPS) is 12.5. The summed E-state index contributed by atoms with van der Waals surface area (Å²) in [6.07, 6.45) is 2.05. The molecular formula is C15H20N2O2. The van der Waals surface area contributed by atoms with Gasteiger partial charge in [-0.15, -0.1) is 0 Å². The van der Waals surface area contributed by atoms with E-state index in [9.17, 15) is 5.11 Å². The number of ether oxygens (including phenoxy) is 1. The maximum absolute atomic E-state index is 10.6. The van der Waals surface area contributed by atoms with Crippen LogP contribution in [-0.4, -0.2) is 22.0 Å². The molecule has 0 bridgehead atoms. The summed E-state index contributed by atoms with van der Waals surface area (Å²) in [6, 6.07) is 5.71. The number of aliphatic hydroxyl groups excluding tert-OH is 1. The van der Waals surface area contributed by atoms with Crippen molar-refractivity contribution in [2.45, 2.75) is 26.4 Å². The van der Waals surface area contributed by atoms with Crippen LogP contribution in [0.4, 0.5) is 0 Å². The Morgan fingerprint density at radius 2 is 2.11 bits per heavy atom. The molecule has 1 N–H and O–H groups in total. The molecule has 0 radical (unpaired) electrons.